The van der Waals surface area contributed by atoms with Gasteiger partial charge in [0.05, 0.1) is 11.8 Å². The van der Waals surface area contributed by atoms with Crippen molar-refractivity contribution in [1.82, 2.24) is 10.1 Å². The van der Waals surface area contributed by atoms with Crippen LogP contribution < -0.4 is 9.64 Å². The van der Waals surface area contributed by atoms with E-state index >= 15 is 0 Å². The van der Waals surface area contributed by atoms with Gasteiger partial charge in [-0.2, -0.15) is 4.98 Å². The number of carbonyl (C=O) groups excluding carboxylic acids is 2. The standard InChI is InChI=1S/C25H25N3O4/c1-16-26-23(27-32-16)18-10-12-19(13-11-18)31-25(30)21-8-4-3-7-20(21)24(29)28-15-14-17-6-2-5-9-22(17)28/h2,5-6,9-13,20-21H,3-4,7-8,14-15H2,1H3. The van der Waals surface area contributed by atoms with Crippen molar-refractivity contribution in [2.75, 3.05) is 11.4 Å². The summed E-state index contributed by atoms with van der Waals surface area (Å²) < 4.78 is 10.7. The number of benzene rings is 2. The summed E-state index contributed by atoms with van der Waals surface area (Å²) in [6, 6.07) is 15.0. The summed E-state index contributed by atoms with van der Waals surface area (Å²) in [4.78, 5) is 32.6. The molecule has 2 unspecified atom stereocenters. The summed E-state index contributed by atoms with van der Waals surface area (Å²) in [6.07, 6.45) is 4.12. The van der Waals surface area contributed by atoms with Gasteiger partial charge in [0.1, 0.15) is 5.75 Å². The minimum atomic E-state index is -0.427. The quantitative estimate of drug-likeness (QED) is 0.451. The zero-order chi connectivity index (χ0) is 22.1. The Kier molecular flexibility index (Phi) is 5.47. The van der Waals surface area contributed by atoms with Gasteiger partial charge >= 0.3 is 5.97 Å². The lowest BCUT2D eigenvalue weighted by molar-refractivity contribution is -0.145. The topological polar surface area (TPSA) is 85.5 Å². The summed E-state index contributed by atoms with van der Waals surface area (Å²) >= 11 is 0. The third-order valence-electron chi connectivity index (χ3n) is 6.40. The highest BCUT2D eigenvalue weighted by molar-refractivity contribution is 5.99. The second kappa shape index (κ2) is 8.57. The lowest BCUT2D eigenvalue weighted by Crippen LogP contribution is -2.43. The molecule has 1 saturated carbocycles. The van der Waals surface area contributed by atoms with Crippen LogP contribution in [0.5, 0.6) is 5.75 Å². The number of carbonyl (C=O) groups is 2. The highest BCUT2D eigenvalue weighted by Crippen LogP contribution is 2.36. The Bertz CT molecular complexity index is 1140. The zero-order valence-electron chi connectivity index (χ0n) is 18.0. The monoisotopic (exact) mass is 431 g/mol. The van der Waals surface area contributed by atoms with Crippen molar-refractivity contribution in [1.29, 1.82) is 0 Å². The smallest absolute Gasteiger partial charge is 0.315 e. The molecule has 1 amide bonds. The molecular formula is C25H25N3O4. The summed E-state index contributed by atoms with van der Waals surface area (Å²) in [5, 5.41) is 3.90. The molecule has 2 aromatic carbocycles. The number of aryl methyl sites for hydroxylation is 1. The molecule has 1 aromatic heterocycles. The van der Waals surface area contributed by atoms with Gasteiger partial charge in [-0.05, 0) is 55.2 Å². The molecule has 3 aromatic rings. The number of nitrogens with zero attached hydrogens (tertiary/aromatic N) is 3. The van der Waals surface area contributed by atoms with Gasteiger partial charge in [-0.15, -0.1) is 0 Å². The van der Waals surface area contributed by atoms with Crippen molar-refractivity contribution in [3.8, 4) is 17.1 Å². The molecule has 0 bridgehead atoms. The maximum Gasteiger partial charge on any atom is 0.315 e. The molecule has 2 atom stereocenters. The van der Waals surface area contributed by atoms with Crippen LogP contribution in [0.4, 0.5) is 5.69 Å². The molecule has 164 valence electrons. The van der Waals surface area contributed by atoms with Crippen LogP contribution in [0, 0.1) is 18.8 Å². The molecule has 1 fully saturated rings. The fourth-order valence-corrected chi connectivity index (χ4v) is 4.76. The molecule has 32 heavy (non-hydrogen) atoms. The van der Waals surface area contributed by atoms with E-state index < -0.39 is 5.92 Å². The van der Waals surface area contributed by atoms with E-state index in [4.69, 9.17) is 9.26 Å². The lowest BCUT2D eigenvalue weighted by Gasteiger charge is -2.32. The van der Waals surface area contributed by atoms with Gasteiger partial charge < -0.3 is 14.2 Å². The largest absolute Gasteiger partial charge is 0.426 e. The van der Waals surface area contributed by atoms with Gasteiger partial charge in [0, 0.05) is 24.7 Å². The van der Waals surface area contributed by atoms with Crippen LogP contribution in [0.2, 0.25) is 0 Å². The van der Waals surface area contributed by atoms with Gasteiger partial charge in [-0.1, -0.05) is 36.2 Å². The van der Waals surface area contributed by atoms with Gasteiger partial charge in [-0.3, -0.25) is 9.59 Å². The van der Waals surface area contributed by atoms with Gasteiger partial charge in [0.2, 0.25) is 17.6 Å². The average molecular weight is 431 g/mol. The molecule has 0 saturated heterocycles. The highest BCUT2D eigenvalue weighted by atomic mass is 16.5. The minimum Gasteiger partial charge on any atom is -0.426 e. The first-order valence-corrected chi connectivity index (χ1v) is 11.1. The predicted octanol–water partition coefficient (Wildman–Crippen LogP) is 4.35. The Hall–Kier alpha value is -3.48. The van der Waals surface area contributed by atoms with Crippen molar-refractivity contribution in [3.63, 3.8) is 0 Å². The van der Waals surface area contributed by atoms with Gasteiger partial charge in [-0.25, -0.2) is 0 Å². The minimum absolute atomic E-state index is 0.0411. The summed E-state index contributed by atoms with van der Waals surface area (Å²) in [7, 11) is 0. The van der Waals surface area contributed by atoms with E-state index in [2.05, 4.69) is 16.2 Å². The van der Waals surface area contributed by atoms with E-state index in [0.717, 1.165) is 30.5 Å². The molecule has 0 spiro atoms. The van der Waals surface area contributed by atoms with Crippen LogP contribution in [-0.4, -0.2) is 28.6 Å². The lowest BCUT2D eigenvalue weighted by atomic mass is 9.78. The molecule has 5 rings (SSSR count). The zero-order valence-corrected chi connectivity index (χ0v) is 18.0. The van der Waals surface area contributed by atoms with E-state index in [1.165, 1.54) is 5.56 Å². The number of esters is 1. The Morgan fingerprint density at radius 3 is 2.53 bits per heavy atom. The maximum atomic E-state index is 13.4. The Morgan fingerprint density at radius 1 is 1.03 bits per heavy atom. The fourth-order valence-electron chi connectivity index (χ4n) is 4.76. The van der Waals surface area contributed by atoms with Crippen molar-refractivity contribution in [3.05, 3.63) is 60.0 Å². The number of anilines is 1. The molecule has 2 aliphatic rings. The Balaban J connectivity index is 1.29. The molecule has 1 aliphatic heterocycles. The molecular weight excluding hydrogens is 406 g/mol. The number of aromatic nitrogens is 2. The van der Waals surface area contributed by atoms with Crippen molar-refractivity contribution < 1.29 is 18.8 Å². The number of rotatable bonds is 4. The van der Waals surface area contributed by atoms with Crippen LogP contribution in [0.15, 0.2) is 53.1 Å². The Labute approximate surface area is 186 Å². The summed E-state index contributed by atoms with van der Waals surface area (Å²) in [6.45, 7) is 2.41. The van der Waals surface area contributed by atoms with Crippen LogP contribution in [0.3, 0.4) is 0 Å². The number of amides is 1. The number of hydrogen-bond acceptors (Lipinski definition) is 6. The normalized spacial score (nSPS) is 20.1. The first kappa shape index (κ1) is 20.4. The molecule has 0 N–H and O–H groups in total. The van der Waals surface area contributed by atoms with Crippen LogP contribution in [0.25, 0.3) is 11.4 Å². The van der Waals surface area contributed by atoms with Gasteiger partial charge in [0.15, 0.2) is 0 Å². The second-order valence-electron chi connectivity index (χ2n) is 8.45. The average Bonchev–Trinajstić information content (AvgIpc) is 3.45. The van der Waals surface area contributed by atoms with Crippen LogP contribution in [0.1, 0.15) is 37.1 Å². The fraction of sp³-hybridized carbons (Fsp3) is 0.360. The summed E-state index contributed by atoms with van der Waals surface area (Å²) in [5.41, 5.74) is 2.94. The van der Waals surface area contributed by atoms with Crippen molar-refractivity contribution >= 4 is 17.6 Å². The third-order valence-corrected chi connectivity index (χ3v) is 6.40. The summed E-state index contributed by atoms with van der Waals surface area (Å²) in [5.74, 6) is 0.362. The molecule has 1 aliphatic carbocycles. The number of fused-ring (bicyclic) bond motifs is 1. The van der Waals surface area contributed by atoms with Crippen LogP contribution in [-0.2, 0) is 16.0 Å². The van der Waals surface area contributed by atoms with E-state index in [0.29, 0.717) is 36.9 Å². The Morgan fingerprint density at radius 2 is 1.78 bits per heavy atom. The number of hydrogen-bond donors (Lipinski definition) is 0. The van der Waals surface area contributed by atoms with Crippen molar-refractivity contribution in [2.45, 2.75) is 39.0 Å². The SMILES string of the molecule is Cc1nc(-c2ccc(OC(=O)C3CCCCC3C(=O)N3CCc4ccccc43)cc2)no1. The predicted molar refractivity (Wildman–Crippen MR) is 118 cm³/mol. The first-order chi connectivity index (χ1) is 15.6. The van der Waals surface area contributed by atoms with E-state index in [9.17, 15) is 9.59 Å². The number of para-hydroxylation sites is 1. The number of ether oxygens (including phenoxy) is 1. The second-order valence-corrected chi connectivity index (χ2v) is 8.45. The van der Waals surface area contributed by atoms with Crippen LogP contribution >= 0.6 is 0 Å². The van der Waals surface area contributed by atoms with Crippen molar-refractivity contribution in [2.24, 2.45) is 11.8 Å². The first-order valence-electron chi connectivity index (χ1n) is 11.1. The van der Waals surface area contributed by atoms with E-state index in [1.54, 1.807) is 31.2 Å². The van der Waals surface area contributed by atoms with E-state index in [-0.39, 0.29) is 17.8 Å². The molecule has 7 nitrogen and oxygen atoms in total. The third kappa shape index (κ3) is 3.90. The maximum absolute atomic E-state index is 13.4. The molecule has 0 radical (unpaired) electrons. The highest BCUT2D eigenvalue weighted by Gasteiger charge is 2.40. The van der Waals surface area contributed by atoms with E-state index in [1.807, 2.05) is 23.1 Å². The van der Waals surface area contributed by atoms with Gasteiger partial charge in [0.25, 0.3) is 0 Å². The molecule has 7 heteroatoms. The molecule has 2 heterocycles.